The molecule has 0 aromatic heterocycles. The highest BCUT2D eigenvalue weighted by molar-refractivity contribution is 5.98. The fraction of sp³-hybridized carbons (Fsp3) is 0.562. The Morgan fingerprint density at radius 3 is 1.60 bits per heavy atom. The van der Waals surface area contributed by atoms with Crippen LogP contribution in [0.4, 0.5) is 36.4 Å². The van der Waals surface area contributed by atoms with Gasteiger partial charge in [-0.15, -0.1) is 0 Å². The Labute approximate surface area is 140 Å². The van der Waals surface area contributed by atoms with E-state index in [9.17, 15) is 35.5 Å². The maximum absolute atomic E-state index is 13.6. The molecule has 1 amide bonds. The first-order valence-corrected chi connectivity index (χ1v) is 7.41. The number of hydrogen-bond donors (Lipinski definition) is 1. The molecular formula is C16H18F7NO. The molecule has 0 heterocycles. The highest BCUT2D eigenvalue weighted by atomic mass is 19.4. The van der Waals surface area contributed by atoms with Crippen molar-refractivity contribution in [1.29, 1.82) is 0 Å². The van der Waals surface area contributed by atoms with E-state index in [2.05, 4.69) is 0 Å². The SMILES string of the molecule is CC(C)c1cccc(C(C)C)c1NC(=O)C(F)(F)C(F)(F)C(F)(F)F. The van der Waals surface area contributed by atoms with Gasteiger partial charge in [-0.1, -0.05) is 45.9 Å². The first kappa shape index (κ1) is 21.2. The third-order valence-electron chi connectivity index (χ3n) is 3.65. The van der Waals surface area contributed by atoms with Crippen LogP contribution in [0.3, 0.4) is 0 Å². The molecule has 1 N–H and O–H groups in total. The van der Waals surface area contributed by atoms with Crippen LogP contribution in [0.25, 0.3) is 0 Å². The summed E-state index contributed by atoms with van der Waals surface area (Å²) in [7, 11) is 0. The van der Waals surface area contributed by atoms with Crippen molar-refractivity contribution in [3.63, 3.8) is 0 Å². The average molecular weight is 373 g/mol. The lowest BCUT2D eigenvalue weighted by Crippen LogP contribution is -2.57. The third-order valence-corrected chi connectivity index (χ3v) is 3.65. The zero-order chi connectivity index (χ0) is 19.8. The van der Waals surface area contributed by atoms with Gasteiger partial charge in [0.25, 0.3) is 0 Å². The molecule has 0 atom stereocenters. The smallest absolute Gasteiger partial charge is 0.320 e. The minimum atomic E-state index is -6.56. The first-order valence-electron chi connectivity index (χ1n) is 7.41. The second-order valence-electron chi connectivity index (χ2n) is 6.22. The molecule has 142 valence electrons. The summed E-state index contributed by atoms with van der Waals surface area (Å²) in [5.41, 5.74) is 0.534. The van der Waals surface area contributed by atoms with E-state index in [1.54, 1.807) is 39.1 Å². The van der Waals surface area contributed by atoms with E-state index in [-0.39, 0.29) is 17.5 Å². The van der Waals surface area contributed by atoms with Gasteiger partial charge in [-0.3, -0.25) is 4.79 Å². The summed E-state index contributed by atoms with van der Waals surface area (Å²) in [6.07, 6.45) is -6.56. The number of hydrogen-bond acceptors (Lipinski definition) is 1. The monoisotopic (exact) mass is 373 g/mol. The molecule has 1 aromatic rings. The quantitative estimate of drug-likeness (QED) is 0.659. The van der Waals surface area contributed by atoms with Crippen LogP contribution < -0.4 is 5.32 Å². The van der Waals surface area contributed by atoms with Crippen molar-refractivity contribution in [3.8, 4) is 0 Å². The van der Waals surface area contributed by atoms with Crippen LogP contribution >= 0.6 is 0 Å². The van der Waals surface area contributed by atoms with E-state index in [1.165, 1.54) is 12.1 Å². The molecule has 25 heavy (non-hydrogen) atoms. The number of alkyl halides is 7. The average Bonchev–Trinajstić information content (AvgIpc) is 2.45. The topological polar surface area (TPSA) is 29.1 Å². The molecule has 0 fully saturated rings. The number of rotatable bonds is 5. The van der Waals surface area contributed by atoms with Crippen LogP contribution in [0.2, 0.25) is 0 Å². The van der Waals surface area contributed by atoms with Gasteiger partial charge >= 0.3 is 23.9 Å². The Morgan fingerprint density at radius 1 is 0.880 bits per heavy atom. The summed E-state index contributed by atoms with van der Waals surface area (Å²) in [4.78, 5) is 11.6. The summed E-state index contributed by atoms with van der Waals surface area (Å²) >= 11 is 0. The van der Waals surface area contributed by atoms with Crippen LogP contribution in [0.1, 0.15) is 50.7 Å². The summed E-state index contributed by atoms with van der Waals surface area (Å²) < 4.78 is 89.9. The maximum atomic E-state index is 13.6. The van der Waals surface area contributed by atoms with Gasteiger partial charge in [0.15, 0.2) is 0 Å². The maximum Gasteiger partial charge on any atom is 0.460 e. The molecule has 0 radical (unpaired) electrons. The van der Waals surface area contributed by atoms with E-state index < -0.39 is 23.9 Å². The van der Waals surface area contributed by atoms with Gasteiger partial charge in [0.2, 0.25) is 0 Å². The number of carbonyl (C=O) groups is 1. The van der Waals surface area contributed by atoms with E-state index >= 15 is 0 Å². The van der Waals surface area contributed by atoms with Crippen molar-refractivity contribution in [2.24, 2.45) is 0 Å². The van der Waals surface area contributed by atoms with Crippen LogP contribution in [0.5, 0.6) is 0 Å². The van der Waals surface area contributed by atoms with Crippen molar-refractivity contribution < 1.29 is 35.5 Å². The predicted molar refractivity (Wildman–Crippen MR) is 79.2 cm³/mol. The Kier molecular flexibility index (Phi) is 5.81. The van der Waals surface area contributed by atoms with Gasteiger partial charge in [0.1, 0.15) is 0 Å². The van der Waals surface area contributed by atoms with Crippen molar-refractivity contribution in [2.45, 2.75) is 57.6 Å². The fourth-order valence-corrected chi connectivity index (χ4v) is 2.21. The zero-order valence-corrected chi connectivity index (χ0v) is 13.9. The second-order valence-corrected chi connectivity index (χ2v) is 6.22. The van der Waals surface area contributed by atoms with Gasteiger partial charge in [0.05, 0.1) is 0 Å². The second kappa shape index (κ2) is 6.84. The Hall–Kier alpha value is -1.80. The molecule has 2 nitrogen and oxygen atoms in total. The minimum Gasteiger partial charge on any atom is -0.320 e. The predicted octanol–water partition coefficient (Wildman–Crippen LogP) is 5.70. The minimum absolute atomic E-state index is 0.171. The Bertz CT molecular complexity index is 610. The molecular weight excluding hydrogens is 355 g/mol. The van der Waals surface area contributed by atoms with Gasteiger partial charge in [-0.05, 0) is 23.0 Å². The summed E-state index contributed by atoms with van der Waals surface area (Å²) in [6.45, 7) is 6.66. The van der Waals surface area contributed by atoms with E-state index in [4.69, 9.17) is 0 Å². The van der Waals surface area contributed by atoms with Gasteiger partial charge in [0, 0.05) is 5.69 Å². The fourth-order valence-electron chi connectivity index (χ4n) is 2.21. The molecule has 1 aromatic carbocycles. The molecule has 0 bridgehead atoms. The number of para-hydroxylation sites is 1. The number of anilines is 1. The van der Waals surface area contributed by atoms with Crippen LogP contribution in [0.15, 0.2) is 18.2 Å². The van der Waals surface area contributed by atoms with Crippen molar-refractivity contribution in [3.05, 3.63) is 29.3 Å². The summed E-state index contributed by atoms with van der Waals surface area (Å²) in [5.74, 6) is -15.7. The molecule has 9 heteroatoms. The number of halogens is 7. The number of nitrogens with one attached hydrogen (secondary N) is 1. The van der Waals surface area contributed by atoms with Gasteiger partial charge < -0.3 is 5.32 Å². The Morgan fingerprint density at radius 2 is 1.28 bits per heavy atom. The molecule has 0 unspecified atom stereocenters. The molecule has 0 saturated carbocycles. The molecule has 0 aliphatic rings. The normalized spacial score (nSPS) is 13.5. The Balaban J connectivity index is 3.37. The number of benzene rings is 1. The molecule has 1 rings (SSSR count). The molecule has 0 spiro atoms. The zero-order valence-electron chi connectivity index (χ0n) is 13.9. The first-order chi connectivity index (χ1) is 11.1. The standard InChI is InChI=1S/C16H18F7NO/c1-8(2)10-6-5-7-11(9(3)4)12(10)24-13(25)14(17,18)15(19,20)16(21,22)23/h5-9H,1-4H3,(H,24,25). The number of amides is 1. The largest absolute Gasteiger partial charge is 0.460 e. The van der Waals surface area contributed by atoms with Crippen LogP contribution in [-0.2, 0) is 4.79 Å². The van der Waals surface area contributed by atoms with Crippen LogP contribution in [-0.4, -0.2) is 23.9 Å². The lowest BCUT2D eigenvalue weighted by Gasteiger charge is -2.28. The molecule has 0 aliphatic heterocycles. The van der Waals surface area contributed by atoms with E-state index in [0.717, 1.165) is 0 Å². The molecule has 0 aliphatic carbocycles. The summed E-state index contributed by atoms with van der Waals surface area (Å²) in [5, 5.41) is 1.59. The van der Waals surface area contributed by atoms with Crippen molar-refractivity contribution >= 4 is 11.6 Å². The lowest BCUT2D eigenvalue weighted by molar-refractivity contribution is -0.343. The van der Waals surface area contributed by atoms with Crippen molar-refractivity contribution in [2.75, 3.05) is 5.32 Å². The van der Waals surface area contributed by atoms with Gasteiger partial charge in [-0.2, -0.15) is 30.7 Å². The van der Waals surface area contributed by atoms with Crippen molar-refractivity contribution in [1.82, 2.24) is 0 Å². The summed E-state index contributed by atoms with van der Waals surface area (Å²) in [6, 6.07) is 4.54. The van der Waals surface area contributed by atoms with Crippen LogP contribution in [0, 0.1) is 0 Å². The van der Waals surface area contributed by atoms with E-state index in [1.807, 2.05) is 0 Å². The third kappa shape index (κ3) is 3.90. The van der Waals surface area contributed by atoms with E-state index in [0.29, 0.717) is 11.1 Å². The lowest BCUT2D eigenvalue weighted by atomic mass is 9.92. The highest BCUT2D eigenvalue weighted by Gasteiger charge is 2.76. The number of carbonyl (C=O) groups excluding carboxylic acids is 1. The highest BCUT2D eigenvalue weighted by Crippen LogP contribution is 2.47. The van der Waals surface area contributed by atoms with Gasteiger partial charge in [-0.25, -0.2) is 0 Å². The molecule has 0 saturated heterocycles.